The molecule has 0 aromatic carbocycles. The Kier molecular flexibility index (Phi) is 5.73. The second-order valence-electron chi connectivity index (χ2n) is 6.48. The predicted octanol–water partition coefficient (Wildman–Crippen LogP) is 1.75. The molecule has 6 nitrogen and oxygen atoms in total. The van der Waals surface area contributed by atoms with Gasteiger partial charge in [-0.1, -0.05) is 6.07 Å². The van der Waals surface area contributed by atoms with Gasteiger partial charge in [0.1, 0.15) is 5.69 Å². The van der Waals surface area contributed by atoms with Crippen LogP contribution in [0.15, 0.2) is 36.8 Å². The number of fused-ring (bicyclic) bond motifs is 1. The monoisotopic (exact) mass is 340 g/mol. The Morgan fingerprint density at radius 2 is 2.20 bits per heavy atom. The van der Waals surface area contributed by atoms with Crippen LogP contribution in [0.4, 0.5) is 0 Å². The quantitative estimate of drug-likeness (QED) is 0.750. The van der Waals surface area contributed by atoms with E-state index in [1.165, 1.54) is 5.56 Å². The van der Waals surface area contributed by atoms with E-state index in [1.54, 1.807) is 12.3 Å². The van der Waals surface area contributed by atoms with Crippen LogP contribution in [0.2, 0.25) is 0 Å². The Hall–Kier alpha value is -2.31. The second kappa shape index (κ2) is 8.18. The normalized spacial score (nSPS) is 13.8. The standard InChI is InChI=1S/C19H24N4O2/c1-22(2)9-10-25-14-16-12-20-11-15-13-23(8-6-17(15)16)19(24)18-5-3-4-7-21-18/h3-5,7,11-12H,6,8-10,13-14H2,1-2H3. The first-order valence-corrected chi connectivity index (χ1v) is 8.52. The van der Waals surface area contributed by atoms with Crippen LogP contribution in [0.3, 0.4) is 0 Å². The smallest absolute Gasteiger partial charge is 0.272 e. The largest absolute Gasteiger partial charge is 0.375 e. The summed E-state index contributed by atoms with van der Waals surface area (Å²) in [6, 6.07) is 5.41. The fourth-order valence-electron chi connectivity index (χ4n) is 2.95. The Morgan fingerprint density at radius 1 is 1.32 bits per heavy atom. The van der Waals surface area contributed by atoms with Crippen LogP contribution in [-0.2, 0) is 24.3 Å². The third kappa shape index (κ3) is 4.41. The Morgan fingerprint density at radius 3 is 2.96 bits per heavy atom. The number of likely N-dealkylation sites (N-methyl/N-ethyl adjacent to an activating group) is 1. The van der Waals surface area contributed by atoms with E-state index in [-0.39, 0.29) is 5.91 Å². The van der Waals surface area contributed by atoms with Crippen molar-refractivity contribution in [1.82, 2.24) is 19.8 Å². The number of hydrogen-bond donors (Lipinski definition) is 0. The van der Waals surface area contributed by atoms with Crippen molar-refractivity contribution >= 4 is 5.91 Å². The van der Waals surface area contributed by atoms with E-state index >= 15 is 0 Å². The number of carbonyl (C=O) groups excluding carboxylic acids is 1. The van der Waals surface area contributed by atoms with Crippen molar-refractivity contribution < 1.29 is 9.53 Å². The van der Waals surface area contributed by atoms with Gasteiger partial charge in [0.05, 0.1) is 13.2 Å². The highest BCUT2D eigenvalue weighted by molar-refractivity contribution is 5.92. The summed E-state index contributed by atoms with van der Waals surface area (Å²) in [5.41, 5.74) is 3.98. The highest BCUT2D eigenvalue weighted by Crippen LogP contribution is 2.23. The fourth-order valence-corrected chi connectivity index (χ4v) is 2.95. The molecule has 2 aromatic rings. The number of aromatic nitrogens is 2. The van der Waals surface area contributed by atoms with Gasteiger partial charge >= 0.3 is 0 Å². The third-order valence-electron chi connectivity index (χ3n) is 4.34. The van der Waals surface area contributed by atoms with Crippen molar-refractivity contribution in [3.05, 3.63) is 59.2 Å². The van der Waals surface area contributed by atoms with Crippen LogP contribution in [0.1, 0.15) is 27.2 Å². The Bertz CT molecular complexity index is 719. The predicted molar refractivity (Wildman–Crippen MR) is 95.1 cm³/mol. The zero-order valence-corrected chi connectivity index (χ0v) is 14.8. The van der Waals surface area contributed by atoms with Gasteiger partial charge in [-0.25, -0.2) is 0 Å². The summed E-state index contributed by atoms with van der Waals surface area (Å²) in [4.78, 5) is 25.0. The lowest BCUT2D eigenvalue weighted by atomic mass is 9.97. The molecular weight excluding hydrogens is 316 g/mol. The number of carbonyl (C=O) groups is 1. The zero-order valence-electron chi connectivity index (χ0n) is 14.8. The molecule has 2 aromatic heterocycles. The minimum Gasteiger partial charge on any atom is -0.375 e. The lowest BCUT2D eigenvalue weighted by molar-refractivity contribution is 0.0726. The van der Waals surface area contributed by atoms with Gasteiger partial charge in [0.15, 0.2) is 0 Å². The van der Waals surface area contributed by atoms with Crippen molar-refractivity contribution in [3.8, 4) is 0 Å². The molecule has 1 aliphatic rings. The van der Waals surface area contributed by atoms with Gasteiger partial charge in [-0.2, -0.15) is 0 Å². The molecule has 1 amide bonds. The van der Waals surface area contributed by atoms with Crippen LogP contribution in [0.25, 0.3) is 0 Å². The minimum atomic E-state index is -0.0288. The SMILES string of the molecule is CN(C)CCOCc1cncc2c1CCN(C(=O)c1ccccn1)C2. The Labute approximate surface area is 148 Å². The summed E-state index contributed by atoms with van der Waals surface area (Å²) in [5, 5.41) is 0. The molecular formula is C19H24N4O2. The number of hydrogen-bond acceptors (Lipinski definition) is 5. The Balaban J connectivity index is 1.66. The zero-order chi connectivity index (χ0) is 17.6. The van der Waals surface area contributed by atoms with E-state index in [9.17, 15) is 4.79 Å². The molecule has 0 aliphatic carbocycles. The van der Waals surface area contributed by atoms with Gasteiger partial charge < -0.3 is 14.5 Å². The van der Waals surface area contributed by atoms with E-state index in [4.69, 9.17) is 4.74 Å². The van der Waals surface area contributed by atoms with Gasteiger partial charge in [0, 0.05) is 38.2 Å². The van der Waals surface area contributed by atoms with Gasteiger partial charge in [0.25, 0.3) is 5.91 Å². The highest BCUT2D eigenvalue weighted by Gasteiger charge is 2.24. The molecule has 0 spiro atoms. The van der Waals surface area contributed by atoms with E-state index in [1.807, 2.05) is 43.5 Å². The van der Waals surface area contributed by atoms with E-state index in [0.717, 1.165) is 24.1 Å². The van der Waals surface area contributed by atoms with Gasteiger partial charge in [-0.15, -0.1) is 0 Å². The second-order valence-corrected chi connectivity index (χ2v) is 6.48. The molecule has 0 radical (unpaired) electrons. The van der Waals surface area contributed by atoms with Gasteiger partial charge in [0.2, 0.25) is 0 Å². The van der Waals surface area contributed by atoms with Crippen molar-refractivity contribution in [2.45, 2.75) is 19.6 Å². The van der Waals surface area contributed by atoms with Gasteiger partial charge in [-0.05, 0) is 49.3 Å². The number of pyridine rings is 2. The summed E-state index contributed by atoms with van der Waals surface area (Å²) in [5.74, 6) is -0.0288. The van der Waals surface area contributed by atoms with E-state index < -0.39 is 0 Å². The number of amides is 1. The molecule has 0 N–H and O–H groups in total. The van der Waals surface area contributed by atoms with E-state index in [2.05, 4.69) is 14.9 Å². The first-order chi connectivity index (χ1) is 12.1. The van der Waals surface area contributed by atoms with Crippen LogP contribution in [0, 0.1) is 0 Å². The number of ether oxygens (including phenoxy) is 1. The third-order valence-corrected chi connectivity index (χ3v) is 4.34. The maximum absolute atomic E-state index is 12.6. The number of rotatable bonds is 6. The molecule has 0 atom stereocenters. The summed E-state index contributed by atoms with van der Waals surface area (Å²) < 4.78 is 5.77. The molecule has 0 saturated carbocycles. The van der Waals surface area contributed by atoms with Crippen LogP contribution in [0.5, 0.6) is 0 Å². The summed E-state index contributed by atoms with van der Waals surface area (Å²) >= 11 is 0. The van der Waals surface area contributed by atoms with E-state index in [0.29, 0.717) is 32.0 Å². The maximum Gasteiger partial charge on any atom is 0.272 e. The summed E-state index contributed by atoms with van der Waals surface area (Å²) in [7, 11) is 4.06. The van der Waals surface area contributed by atoms with Crippen LogP contribution in [-0.4, -0.2) is 59.5 Å². The summed E-state index contributed by atoms with van der Waals surface area (Å²) in [6.07, 6.45) is 6.21. The number of nitrogens with zero attached hydrogens (tertiary/aromatic N) is 4. The average molecular weight is 340 g/mol. The topological polar surface area (TPSA) is 58.6 Å². The molecule has 3 heterocycles. The molecule has 25 heavy (non-hydrogen) atoms. The molecule has 0 unspecified atom stereocenters. The molecule has 0 bridgehead atoms. The lowest BCUT2D eigenvalue weighted by Gasteiger charge is -2.29. The van der Waals surface area contributed by atoms with Crippen LogP contribution < -0.4 is 0 Å². The summed E-state index contributed by atoms with van der Waals surface area (Å²) in [6.45, 7) is 3.42. The molecule has 1 aliphatic heterocycles. The molecule has 3 rings (SSSR count). The molecule has 0 fully saturated rings. The highest BCUT2D eigenvalue weighted by atomic mass is 16.5. The molecule has 132 valence electrons. The van der Waals surface area contributed by atoms with Crippen LogP contribution >= 0.6 is 0 Å². The first kappa shape index (κ1) is 17.5. The first-order valence-electron chi connectivity index (χ1n) is 8.52. The maximum atomic E-state index is 12.6. The van der Waals surface area contributed by atoms with Crippen molar-refractivity contribution in [1.29, 1.82) is 0 Å². The minimum absolute atomic E-state index is 0.0288. The molecule has 6 heteroatoms. The lowest BCUT2D eigenvalue weighted by Crippen LogP contribution is -2.37. The van der Waals surface area contributed by atoms with Gasteiger partial charge in [-0.3, -0.25) is 14.8 Å². The van der Waals surface area contributed by atoms with Crippen molar-refractivity contribution in [3.63, 3.8) is 0 Å². The van der Waals surface area contributed by atoms with Crippen molar-refractivity contribution in [2.75, 3.05) is 33.8 Å². The molecule has 0 saturated heterocycles. The average Bonchev–Trinajstić information content (AvgIpc) is 2.64. The van der Waals surface area contributed by atoms with Crippen molar-refractivity contribution in [2.24, 2.45) is 0 Å². The fraction of sp³-hybridized carbons (Fsp3) is 0.421.